The highest BCUT2D eigenvalue weighted by molar-refractivity contribution is 9.11. The van der Waals surface area contributed by atoms with E-state index in [2.05, 4.69) is 31.9 Å². The van der Waals surface area contributed by atoms with Gasteiger partial charge in [0.2, 0.25) is 0 Å². The van der Waals surface area contributed by atoms with E-state index in [1.807, 2.05) is 0 Å². The highest BCUT2D eigenvalue weighted by atomic mass is 79.9. The van der Waals surface area contributed by atoms with Gasteiger partial charge in [-0.2, -0.15) is 0 Å². The lowest BCUT2D eigenvalue weighted by molar-refractivity contribution is 0.0973. The largest absolute Gasteiger partial charge is 0.506 e. The maximum atomic E-state index is 13.0. The smallest absolute Gasteiger partial charge is 0.163 e. The molecule has 2 aromatic carbocycles. The lowest BCUT2D eigenvalue weighted by Crippen LogP contribution is -2.05. The number of phenolic OH excluding ortho intramolecular Hbond substituents is 1. The molecule has 0 unspecified atom stereocenters. The van der Waals surface area contributed by atoms with E-state index in [1.54, 1.807) is 25.1 Å². The van der Waals surface area contributed by atoms with Crippen LogP contribution in [0.5, 0.6) is 11.5 Å². The summed E-state index contributed by atoms with van der Waals surface area (Å²) in [4.78, 5) is 12.2. The molecule has 23 heavy (non-hydrogen) atoms. The lowest BCUT2D eigenvalue weighted by atomic mass is 10.1. The fraction of sp³-hybridized carbons (Fsp3) is 0.235. The third kappa shape index (κ3) is 4.78. The van der Waals surface area contributed by atoms with E-state index in [1.165, 1.54) is 12.1 Å². The van der Waals surface area contributed by atoms with Crippen molar-refractivity contribution in [1.29, 1.82) is 0 Å². The molecular weight excluding hydrogens is 431 g/mol. The summed E-state index contributed by atoms with van der Waals surface area (Å²) < 4.78 is 19.5. The van der Waals surface area contributed by atoms with Crippen molar-refractivity contribution >= 4 is 37.6 Å². The molecular formula is C17H15Br2FO3. The van der Waals surface area contributed by atoms with Gasteiger partial charge in [0.25, 0.3) is 0 Å². The molecule has 0 amide bonds. The van der Waals surface area contributed by atoms with Gasteiger partial charge in [-0.3, -0.25) is 4.79 Å². The first kappa shape index (κ1) is 17.9. The molecule has 0 heterocycles. The van der Waals surface area contributed by atoms with Gasteiger partial charge in [0.1, 0.15) is 17.3 Å². The number of carbonyl (C=O) groups is 1. The zero-order valence-electron chi connectivity index (χ0n) is 12.4. The number of hydrogen-bond acceptors (Lipinski definition) is 3. The summed E-state index contributed by atoms with van der Waals surface area (Å²) in [6.45, 7) is 2.15. The summed E-state index contributed by atoms with van der Waals surface area (Å²) in [7, 11) is 0. The number of aryl methyl sites for hydroxylation is 1. The number of rotatable bonds is 6. The number of carbonyl (C=O) groups excluding carboxylic acids is 1. The molecule has 6 heteroatoms. The van der Waals surface area contributed by atoms with Gasteiger partial charge in [-0.05, 0) is 81.1 Å². The molecule has 0 fully saturated rings. The quantitative estimate of drug-likeness (QED) is 0.477. The van der Waals surface area contributed by atoms with Crippen LogP contribution in [0.15, 0.2) is 39.3 Å². The zero-order chi connectivity index (χ0) is 17.0. The number of ether oxygens (including phenoxy) is 1. The maximum Gasteiger partial charge on any atom is 0.163 e. The van der Waals surface area contributed by atoms with E-state index < -0.39 is 0 Å². The third-order valence-corrected chi connectivity index (χ3v) is 4.49. The number of ketones is 1. The van der Waals surface area contributed by atoms with E-state index in [-0.39, 0.29) is 17.3 Å². The molecule has 0 aliphatic heterocycles. The van der Waals surface area contributed by atoms with Crippen LogP contribution in [0.3, 0.4) is 0 Å². The van der Waals surface area contributed by atoms with Crippen molar-refractivity contribution < 1.29 is 19.0 Å². The van der Waals surface area contributed by atoms with Crippen LogP contribution < -0.4 is 4.74 Å². The van der Waals surface area contributed by atoms with Gasteiger partial charge in [-0.25, -0.2) is 4.39 Å². The minimum Gasteiger partial charge on any atom is -0.506 e. The molecule has 2 aromatic rings. The Kier molecular flexibility index (Phi) is 6.18. The van der Waals surface area contributed by atoms with E-state index in [9.17, 15) is 14.3 Å². The highest BCUT2D eigenvalue weighted by Gasteiger charge is 2.12. The van der Waals surface area contributed by atoms with E-state index in [4.69, 9.17) is 4.74 Å². The second kappa shape index (κ2) is 7.93. The Labute approximate surface area is 150 Å². The van der Waals surface area contributed by atoms with Crippen LogP contribution in [0.1, 0.15) is 28.8 Å². The summed E-state index contributed by atoms with van der Waals surface area (Å²) in [6, 6.07) is 7.52. The van der Waals surface area contributed by atoms with Gasteiger partial charge >= 0.3 is 0 Å². The number of Topliss-reactive ketones (excluding diaryl/α,β-unsaturated/α-hetero) is 1. The highest BCUT2D eigenvalue weighted by Crippen LogP contribution is 2.33. The van der Waals surface area contributed by atoms with Crippen LogP contribution in [-0.4, -0.2) is 17.5 Å². The van der Waals surface area contributed by atoms with Gasteiger partial charge in [0.05, 0.1) is 15.6 Å². The van der Waals surface area contributed by atoms with Crippen molar-refractivity contribution in [2.75, 3.05) is 6.61 Å². The van der Waals surface area contributed by atoms with Crippen LogP contribution in [0, 0.1) is 12.7 Å². The molecule has 0 aliphatic carbocycles. The number of aromatic hydroxyl groups is 1. The fourth-order valence-corrected chi connectivity index (χ4v) is 3.25. The zero-order valence-corrected chi connectivity index (χ0v) is 15.6. The molecule has 0 saturated heterocycles. The number of phenols is 1. The SMILES string of the molecule is Cc1cc(F)ccc1OCCCC(=O)c1cc(Br)c(O)c(Br)c1. The molecule has 122 valence electrons. The number of benzene rings is 2. The predicted octanol–water partition coefficient (Wildman–Crippen LogP) is 5.41. The molecule has 0 bridgehead atoms. The van der Waals surface area contributed by atoms with Crippen LogP contribution in [0.2, 0.25) is 0 Å². The summed E-state index contributed by atoms with van der Waals surface area (Å²) in [5.41, 5.74) is 1.24. The molecule has 0 aromatic heterocycles. The Morgan fingerprint density at radius 2 is 1.87 bits per heavy atom. The summed E-state index contributed by atoms with van der Waals surface area (Å²) >= 11 is 6.41. The lowest BCUT2D eigenvalue weighted by Gasteiger charge is -2.09. The Morgan fingerprint density at radius 3 is 2.48 bits per heavy atom. The van der Waals surface area contributed by atoms with Crippen LogP contribution >= 0.6 is 31.9 Å². The van der Waals surface area contributed by atoms with Gasteiger partial charge in [0.15, 0.2) is 5.78 Å². The van der Waals surface area contributed by atoms with Gasteiger partial charge in [-0.15, -0.1) is 0 Å². The van der Waals surface area contributed by atoms with Crippen LogP contribution in [0.4, 0.5) is 4.39 Å². The van der Waals surface area contributed by atoms with E-state index >= 15 is 0 Å². The first-order valence-electron chi connectivity index (χ1n) is 6.98. The Hall–Kier alpha value is -1.40. The predicted molar refractivity (Wildman–Crippen MR) is 93.7 cm³/mol. The van der Waals surface area contributed by atoms with Gasteiger partial charge in [-0.1, -0.05) is 0 Å². The third-order valence-electron chi connectivity index (χ3n) is 3.28. The maximum absolute atomic E-state index is 13.0. The van der Waals surface area contributed by atoms with Crippen molar-refractivity contribution in [2.24, 2.45) is 0 Å². The summed E-state index contributed by atoms with van der Waals surface area (Å²) in [5, 5.41) is 9.65. The molecule has 0 aliphatic rings. The average Bonchev–Trinajstić information content (AvgIpc) is 2.50. The van der Waals surface area contributed by atoms with Crippen molar-refractivity contribution in [2.45, 2.75) is 19.8 Å². The summed E-state index contributed by atoms with van der Waals surface area (Å²) in [5.74, 6) is 0.352. The fourth-order valence-electron chi connectivity index (χ4n) is 2.06. The molecule has 3 nitrogen and oxygen atoms in total. The second-order valence-electron chi connectivity index (χ2n) is 5.07. The van der Waals surface area contributed by atoms with Gasteiger partial charge in [0, 0.05) is 12.0 Å². The molecule has 1 N–H and O–H groups in total. The molecule has 0 saturated carbocycles. The minimum atomic E-state index is -0.298. The number of hydrogen-bond donors (Lipinski definition) is 1. The first-order valence-corrected chi connectivity index (χ1v) is 8.57. The van der Waals surface area contributed by atoms with Crippen molar-refractivity contribution in [3.05, 3.63) is 56.2 Å². The Bertz CT molecular complexity index is 709. The van der Waals surface area contributed by atoms with Crippen molar-refractivity contribution in [3.8, 4) is 11.5 Å². The Balaban J connectivity index is 1.88. The van der Waals surface area contributed by atoms with Crippen molar-refractivity contribution in [1.82, 2.24) is 0 Å². The second-order valence-corrected chi connectivity index (χ2v) is 6.78. The molecule has 0 atom stereocenters. The van der Waals surface area contributed by atoms with E-state index in [0.29, 0.717) is 39.7 Å². The topological polar surface area (TPSA) is 46.5 Å². The Morgan fingerprint density at radius 1 is 1.22 bits per heavy atom. The van der Waals surface area contributed by atoms with Crippen molar-refractivity contribution in [3.63, 3.8) is 0 Å². The average molecular weight is 446 g/mol. The van der Waals surface area contributed by atoms with E-state index in [0.717, 1.165) is 5.56 Å². The van der Waals surface area contributed by atoms with Crippen LogP contribution in [-0.2, 0) is 0 Å². The minimum absolute atomic E-state index is 0.0363. The normalized spacial score (nSPS) is 10.6. The number of halogens is 3. The molecule has 0 spiro atoms. The summed E-state index contributed by atoms with van der Waals surface area (Å²) in [6.07, 6.45) is 0.871. The first-order chi connectivity index (χ1) is 10.9. The monoisotopic (exact) mass is 444 g/mol. The standard InChI is InChI=1S/C17H15Br2FO3/c1-10-7-12(20)4-5-16(10)23-6-2-3-15(21)11-8-13(18)17(22)14(19)9-11/h4-5,7-9,22H,2-3,6H2,1H3. The molecule has 2 rings (SSSR count). The van der Waals surface area contributed by atoms with Crippen LogP contribution in [0.25, 0.3) is 0 Å². The van der Waals surface area contributed by atoms with Gasteiger partial charge < -0.3 is 9.84 Å². The molecule has 0 radical (unpaired) electrons.